The Balaban J connectivity index is 1.49. The van der Waals surface area contributed by atoms with Gasteiger partial charge in [0.05, 0.1) is 37.2 Å². The molecule has 2 aliphatic rings. The predicted octanol–water partition coefficient (Wildman–Crippen LogP) is 4.04. The van der Waals surface area contributed by atoms with E-state index in [-0.39, 0.29) is 12.7 Å². The van der Waals surface area contributed by atoms with Crippen molar-refractivity contribution in [1.29, 1.82) is 0 Å². The zero-order valence-electron chi connectivity index (χ0n) is 18.4. The molecule has 0 unspecified atom stereocenters. The van der Waals surface area contributed by atoms with Crippen LogP contribution in [-0.2, 0) is 4.79 Å². The molecule has 0 saturated carbocycles. The van der Waals surface area contributed by atoms with Gasteiger partial charge in [-0.2, -0.15) is 5.10 Å². The van der Waals surface area contributed by atoms with Crippen LogP contribution in [0, 0.1) is 0 Å². The molecule has 0 fully saturated rings. The topological polar surface area (TPSA) is 71.4 Å². The van der Waals surface area contributed by atoms with Gasteiger partial charge in [0.2, 0.25) is 0 Å². The highest BCUT2D eigenvalue weighted by atomic mass is 16.5. The average molecular weight is 441 g/mol. The van der Waals surface area contributed by atoms with Crippen molar-refractivity contribution in [3.63, 3.8) is 0 Å². The number of amides is 1. The van der Waals surface area contributed by atoms with Crippen molar-refractivity contribution >= 4 is 23.1 Å². The molecule has 5 rings (SSSR count). The van der Waals surface area contributed by atoms with Crippen LogP contribution < -0.4 is 14.4 Å². The fourth-order valence-electron chi connectivity index (χ4n) is 4.29. The first kappa shape index (κ1) is 20.8. The lowest BCUT2D eigenvalue weighted by Crippen LogP contribution is -2.39. The third-order valence-corrected chi connectivity index (χ3v) is 6.08. The van der Waals surface area contributed by atoms with Crippen LogP contribution in [0.15, 0.2) is 77.9 Å². The summed E-state index contributed by atoms with van der Waals surface area (Å²) in [4.78, 5) is 26.8. The van der Waals surface area contributed by atoms with E-state index in [1.807, 2.05) is 59.6 Å². The Labute approximate surface area is 191 Å². The van der Waals surface area contributed by atoms with E-state index in [1.165, 1.54) is 4.90 Å². The van der Waals surface area contributed by atoms with Crippen molar-refractivity contribution < 1.29 is 19.1 Å². The van der Waals surface area contributed by atoms with Gasteiger partial charge in [-0.3, -0.25) is 19.5 Å². The van der Waals surface area contributed by atoms with Gasteiger partial charge in [0.15, 0.2) is 0 Å². The Morgan fingerprint density at radius 3 is 2.18 bits per heavy atom. The molecular weight excluding hydrogens is 418 g/mol. The summed E-state index contributed by atoms with van der Waals surface area (Å²) in [6, 6.07) is 22.6. The molecule has 0 bridgehead atoms. The van der Waals surface area contributed by atoms with Crippen molar-refractivity contribution in [2.45, 2.75) is 12.5 Å². The molecule has 2 aliphatic heterocycles. The van der Waals surface area contributed by atoms with E-state index in [9.17, 15) is 9.59 Å². The molecular formula is C26H23N3O4. The number of Topliss-reactive ketones (excluding diaryl/α,β-unsaturated/α-hetero) is 1. The van der Waals surface area contributed by atoms with E-state index in [1.54, 1.807) is 32.4 Å². The normalized spacial score (nSPS) is 17.3. The van der Waals surface area contributed by atoms with Crippen molar-refractivity contribution in [2.24, 2.45) is 5.10 Å². The summed E-state index contributed by atoms with van der Waals surface area (Å²) in [5, 5.41) is 6.77. The van der Waals surface area contributed by atoms with E-state index < -0.39 is 11.7 Å². The third kappa shape index (κ3) is 3.71. The SMILES string of the molecule is COc1ccc(C2=NN(CN3C(=O)C(=O)c4ccccc43)[C@@H](c3ccc(OC)cc3)C2)cc1. The Hall–Kier alpha value is -4.13. The van der Waals surface area contributed by atoms with Crippen LogP contribution in [0.3, 0.4) is 0 Å². The number of carbonyl (C=O) groups is 2. The molecule has 3 aromatic carbocycles. The summed E-state index contributed by atoms with van der Waals surface area (Å²) in [6.07, 6.45) is 0.663. The number of hydrogen-bond donors (Lipinski definition) is 0. The molecule has 7 nitrogen and oxygen atoms in total. The monoisotopic (exact) mass is 441 g/mol. The van der Waals surface area contributed by atoms with Crippen LogP contribution in [0.4, 0.5) is 5.69 Å². The minimum atomic E-state index is -0.530. The van der Waals surface area contributed by atoms with E-state index >= 15 is 0 Å². The second-order valence-corrected chi connectivity index (χ2v) is 7.93. The maximum Gasteiger partial charge on any atom is 0.301 e. The number of anilines is 1. The molecule has 1 atom stereocenters. The molecule has 0 saturated heterocycles. The number of nitrogens with zero attached hydrogens (tertiary/aromatic N) is 3. The molecule has 0 radical (unpaired) electrons. The fraction of sp³-hybridized carbons (Fsp3) is 0.192. The molecule has 0 aliphatic carbocycles. The minimum absolute atomic E-state index is 0.0938. The first-order valence-corrected chi connectivity index (χ1v) is 10.7. The number of rotatable bonds is 6. The predicted molar refractivity (Wildman–Crippen MR) is 125 cm³/mol. The number of methoxy groups -OCH3 is 2. The van der Waals surface area contributed by atoms with Gasteiger partial charge in [0, 0.05) is 6.42 Å². The Bertz CT molecular complexity index is 1240. The van der Waals surface area contributed by atoms with Gasteiger partial charge in [-0.15, -0.1) is 0 Å². The highest BCUT2D eigenvalue weighted by Crippen LogP contribution is 2.36. The van der Waals surface area contributed by atoms with Crippen molar-refractivity contribution in [2.75, 3.05) is 25.8 Å². The number of ether oxygens (including phenoxy) is 2. The van der Waals surface area contributed by atoms with Crippen molar-refractivity contribution in [3.05, 3.63) is 89.5 Å². The summed E-state index contributed by atoms with van der Waals surface area (Å²) < 4.78 is 10.6. The number of hydrazone groups is 1. The molecule has 33 heavy (non-hydrogen) atoms. The largest absolute Gasteiger partial charge is 0.497 e. The maximum atomic E-state index is 12.8. The highest BCUT2D eigenvalue weighted by Gasteiger charge is 2.39. The molecule has 166 valence electrons. The zero-order valence-corrected chi connectivity index (χ0v) is 18.4. The van der Waals surface area contributed by atoms with Gasteiger partial charge in [-0.1, -0.05) is 24.3 Å². The first-order chi connectivity index (χ1) is 16.1. The van der Waals surface area contributed by atoms with E-state index in [4.69, 9.17) is 14.6 Å². The van der Waals surface area contributed by atoms with E-state index in [2.05, 4.69) is 0 Å². The van der Waals surface area contributed by atoms with Crippen LogP contribution in [0.5, 0.6) is 11.5 Å². The van der Waals surface area contributed by atoms with Gasteiger partial charge in [0.1, 0.15) is 18.2 Å². The summed E-state index contributed by atoms with van der Waals surface area (Å²) in [7, 11) is 3.27. The summed E-state index contributed by atoms with van der Waals surface area (Å²) >= 11 is 0. The summed E-state index contributed by atoms with van der Waals surface area (Å²) in [5.41, 5.74) is 4.00. The van der Waals surface area contributed by atoms with Gasteiger partial charge >= 0.3 is 5.91 Å². The third-order valence-electron chi connectivity index (χ3n) is 6.08. The lowest BCUT2D eigenvalue weighted by molar-refractivity contribution is -0.114. The lowest BCUT2D eigenvalue weighted by Gasteiger charge is -2.28. The Morgan fingerprint density at radius 1 is 0.879 bits per heavy atom. The number of hydrogen-bond acceptors (Lipinski definition) is 6. The summed E-state index contributed by atoms with van der Waals surface area (Å²) in [5.74, 6) is 0.537. The van der Waals surface area contributed by atoms with Crippen LogP contribution >= 0.6 is 0 Å². The minimum Gasteiger partial charge on any atom is -0.497 e. The van der Waals surface area contributed by atoms with Crippen LogP contribution in [0.25, 0.3) is 0 Å². The van der Waals surface area contributed by atoms with Crippen LogP contribution in [-0.4, -0.2) is 43.3 Å². The fourth-order valence-corrected chi connectivity index (χ4v) is 4.29. The number of benzene rings is 3. The average Bonchev–Trinajstić information content (AvgIpc) is 3.39. The van der Waals surface area contributed by atoms with E-state index in [0.717, 1.165) is 28.3 Å². The molecule has 0 N–H and O–H groups in total. The molecule has 0 aromatic heterocycles. The molecule has 7 heteroatoms. The Morgan fingerprint density at radius 2 is 1.52 bits per heavy atom. The second-order valence-electron chi connectivity index (χ2n) is 7.93. The summed E-state index contributed by atoms with van der Waals surface area (Å²) in [6.45, 7) is 0.179. The van der Waals surface area contributed by atoms with Gasteiger partial charge in [0.25, 0.3) is 5.78 Å². The van der Waals surface area contributed by atoms with Gasteiger partial charge in [-0.05, 0) is 59.7 Å². The van der Waals surface area contributed by atoms with Crippen LogP contribution in [0.1, 0.15) is 33.9 Å². The number of ketones is 1. The smallest absolute Gasteiger partial charge is 0.301 e. The maximum absolute atomic E-state index is 12.8. The van der Waals surface area contributed by atoms with Crippen molar-refractivity contribution in [3.8, 4) is 11.5 Å². The second kappa shape index (κ2) is 8.43. The first-order valence-electron chi connectivity index (χ1n) is 10.7. The molecule has 2 heterocycles. The Kier molecular flexibility index (Phi) is 5.30. The number of para-hydroxylation sites is 1. The zero-order chi connectivity index (χ0) is 22.9. The molecule has 0 spiro atoms. The van der Waals surface area contributed by atoms with E-state index in [0.29, 0.717) is 17.7 Å². The highest BCUT2D eigenvalue weighted by molar-refractivity contribution is 6.52. The quantitative estimate of drug-likeness (QED) is 0.540. The molecule has 3 aromatic rings. The standard InChI is InChI=1S/C26H23N3O4/c1-32-19-11-7-17(8-12-19)22-15-24(18-9-13-20(33-2)14-10-18)29(27-22)16-28-23-6-4-3-5-21(23)25(30)26(28)31/h3-14,24H,15-16H2,1-2H3/t24-/m1/s1. The molecule has 1 amide bonds. The van der Waals surface area contributed by atoms with Crippen LogP contribution in [0.2, 0.25) is 0 Å². The van der Waals surface area contributed by atoms with Gasteiger partial charge in [-0.25, -0.2) is 0 Å². The number of carbonyl (C=O) groups excluding carboxylic acids is 2. The van der Waals surface area contributed by atoms with Gasteiger partial charge < -0.3 is 9.47 Å². The van der Waals surface area contributed by atoms with Crippen molar-refractivity contribution in [1.82, 2.24) is 5.01 Å². The lowest BCUT2D eigenvalue weighted by atomic mass is 9.98. The number of fused-ring (bicyclic) bond motifs is 1.